The molecule has 3 atom stereocenters. The van der Waals surface area contributed by atoms with Crippen LogP contribution in [0.5, 0.6) is 5.75 Å². The molecule has 0 unspecified atom stereocenters. The summed E-state index contributed by atoms with van der Waals surface area (Å²) in [4.78, 5) is 18.4. The Bertz CT molecular complexity index is 1680. The van der Waals surface area contributed by atoms with E-state index in [1.54, 1.807) is 45.0 Å². The van der Waals surface area contributed by atoms with Crippen molar-refractivity contribution >= 4 is 29.4 Å². The van der Waals surface area contributed by atoms with Crippen LogP contribution in [0, 0.1) is 11.6 Å². The largest absolute Gasteiger partial charge is 0.528 e. The highest BCUT2D eigenvalue weighted by Gasteiger charge is 2.42. The summed E-state index contributed by atoms with van der Waals surface area (Å²) in [6, 6.07) is 26.9. The lowest BCUT2D eigenvalue weighted by Crippen LogP contribution is -2.53. The normalized spacial score (nSPS) is 17.9. The van der Waals surface area contributed by atoms with E-state index in [9.17, 15) is 13.6 Å². The maximum Gasteiger partial charge on any atom is 0.528 e. The molecule has 4 aromatic rings. The predicted octanol–water partition coefficient (Wildman–Crippen LogP) is 9.69. The number of carbonyl (C=O) groups excluding carboxylic acids is 1. The molecule has 52 heavy (non-hydrogen) atoms. The standard InChI is InChI=1S/C40H43Cl2F2NO7/c1-40(2,3)51-39(46)52-45-22-34(49-25-29-12-7-14-32(41)37(29)43)36(35(23-45)50-26-30-13-8-15-33(42)38(30)44)28-16-18-31(19-17-28)48-21-9-20-47-24-27-10-5-4-6-11-27/h4-8,10-19,34-36H,9,20-26H2,1-3H3/t34-,35+,36-. The van der Waals surface area contributed by atoms with Crippen molar-refractivity contribution in [3.05, 3.63) is 135 Å². The Hall–Kier alpha value is -3.77. The van der Waals surface area contributed by atoms with Crippen molar-refractivity contribution < 1.29 is 42.1 Å². The van der Waals surface area contributed by atoms with E-state index < -0.39 is 41.5 Å². The Kier molecular flexibility index (Phi) is 14.3. The van der Waals surface area contributed by atoms with Gasteiger partial charge in [-0.2, -0.15) is 0 Å². The molecule has 0 spiro atoms. The first-order valence-corrected chi connectivity index (χ1v) is 17.8. The highest BCUT2D eigenvalue weighted by molar-refractivity contribution is 6.31. The van der Waals surface area contributed by atoms with Gasteiger partial charge in [0.1, 0.15) is 23.0 Å². The maximum atomic E-state index is 14.9. The minimum absolute atomic E-state index is 0.0284. The molecule has 0 aliphatic carbocycles. The van der Waals surface area contributed by atoms with Crippen molar-refractivity contribution in [1.29, 1.82) is 0 Å². The molecular formula is C40H43Cl2F2NO7. The third kappa shape index (κ3) is 11.6. The fraction of sp³-hybridized carbons (Fsp3) is 0.375. The van der Waals surface area contributed by atoms with Crippen LogP contribution < -0.4 is 4.74 Å². The molecule has 0 amide bonds. The summed E-state index contributed by atoms with van der Waals surface area (Å²) in [5.74, 6) is -0.984. The topological polar surface area (TPSA) is 75.7 Å². The molecule has 5 rings (SSSR count). The number of nitrogens with zero attached hydrogens (tertiary/aromatic N) is 1. The Balaban J connectivity index is 1.34. The summed E-state index contributed by atoms with van der Waals surface area (Å²) >= 11 is 12.1. The number of rotatable bonds is 15. The average Bonchev–Trinajstić information content (AvgIpc) is 3.11. The number of ether oxygens (including phenoxy) is 5. The SMILES string of the molecule is CC(C)(C)OC(=O)ON1C[C@H](OCc2cccc(Cl)c2F)[C@H](c2ccc(OCCCOCc3ccccc3)cc2)[C@H](OCc2cccc(Cl)c2F)C1. The molecule has 1 aliphatic rings. The van der Waals surface area contributed by atoms with Crippen molar-refractivity contribution in [3.63, 3.8) is 0 Å². The van der Waals surface area contributed by atoms with Gasteiger partial charge in [-0.05, 0) is 56.2 Å². The van der Waals surface area contributed by atoms with E-state index in [0.29, 0.717) is 32.0 Å². The summed E-state index contributed by atoms with van der Waals surface area (Å²) in [6.45, 7) is 6.67. The fourth-order valence-corrected chi connectivity index (χ4v) is 6.14. The number of halogens is 4. The highest BCUT2D eigenvalue weighted by atomic mass is 35.5. The molecule has 0 aromatic heterocycles. The molecule has 8 nitrogen and oxygen atoms in total. The van der Waals surface area contributed by atoms with Crippen molar-refractivity contribution in [1.82, 2.24) is 5.06 Å². The number of carbonyl (C=O) groups is 1. The second kappa shape index (κ2) is 18.8. The van der Waals surface area contributed by atoms with Crippen LogP contribution in [0.4, 0.5) is 13.6 Å². The smallest absolute Gasteiger partial charge is 0.494 e. The van der Waals surface area contributed by atoms with Crippen LogP contribution in [-0.2, 0) is 43.6 Å². The zero-order valence-electron chi connectivity index (χ0n) is 29.4. The van der Waals surface area contributed by atoms with E-state index in [2.05, 4.69) is 0 Å². The first kappa shape index (κ1) is 39.4. The molecule has 1 aliphatic heterocycles. The molecule has 278 valence electrons. The first-order chi connectivity index (χ1) is 25.0. The molecule has 4 aromatic carbocycles. The van der Waals surface area contributed by atoms with Gasteiger partial charge in [0, 0.05) is 23.5 Å². The van der Waals surface area contributed by atoms with E-state index in [0.717, 1.165) is 11.1 Å². The van der Waals surface area contributed by atoms with Crippen molar-refractivity contribution in [2.24, 2.45) is 0 Å². The van der Waals surface area contributed by atoms with E-state index in [1.165, 1.54) is 17.2 Å². The van der Waals surface area contributed by atoms with Crippen molar-refractivity contribution in [3.8, 4) is 5.75 Å². The van der Waals surface area contributed by atoms with Crippen LogP contribution in [-0.4, -0.2) is 55.3 Å². The van der Waals surface area contributed by atoms with Crippen LogP contribution in [0.15, 0.2) is 91.0 Å². The average molecular weight is 759 g/mol. The lowest BCUT2D eigenvalue weighted by molar-refractivity contribution is -0.209. The molecule has 1 saturated heterocycles. The van der Waals surface area contributed by atoms with Crippen molar-refractivity contribution in [2.75, 3.05) is 26.3 Å². The minimum atomic E-state index is -0.905. The summed E-state index contributed by atoms with van der Waals surface area (Å²) in [6.07, 6.45) is -1.59. The van der Waals surface area contributed by atoms with Gasteiger partial charge >= 0.3 is 6.16 Å². The quantitative estimate of drug-likeness (QED) is 0.0877. The predicted molar refractivity (Wildman–Crippen MR) is 194 cm³/mol. The number of hydroxylamine groups is 2. The summed E-state index contributed by atoms with van der Waals surface area (Å²) < 4.78 is 59.8. The maximum absolute atomic E-state index is 14.9. The lowest BCUT2D eigenvalue weighted by Gasteiger charge is -2.42. The van der Waals surface area contributed by atoms with Crippen LogP contribution in [0.1, 0.15) is 55.4 Å². The molecule has 0 N–H and O–H groups in total. The highest BCUT2D eigenvalue weighted by Crippen LogP contribution is 2.36. The molecular weight excluding hydrogens is 715 g/mol. The fourth-order valence-electron chi connectivity index (χ4n) is 5.75. The van der Waals surface area contributed by atoms with Crippen LogP contribution in [0.2, 0.25) is 10.0 Å². The minimum Gasteiger partial charge on any atom is -0.494 e. The van der Waals surface area contributed by atoms with E-state index in [-0.39, 0.29) is 47.5 Å². The van der Waals surface area contributed by atoms with Gasteiger partial charge in [0.15, 0.2) is 0 Å². The molecule has 0 bridgehead atoms. The second-order valence-electron chi connectivity index (χ2n) is 13.4. The van der Waals surface area contributed by atoms with Gasteiger partial charge < -0.3 is 28.5 Å². The monoisotopic (exact) mass is 757 g/mol. The Labute approximate surface area is 313 Å². The van der Waals surface area contributed by atoms with Crippen molar-refractivity contribution in [2.45, 2.75) is 70.7 Å². The zero-order valence-corrected chi connectivity index (χ0v) is 30.9. The van der Waals surface area contributed by atoms with Gasteiger partial charge in [0.25, 0.3) is 0 Å². The van der Waals surface area contributed by atoms with Gasteiger partial charge in [-0.15, -0.1) is 5.06 Å². The van der Waals surface area contributed by atoms with Gasteiger partial charge in [-0.3, -0.25) is 0 Å². The lowest BCUT2D eigenvalue weighted by atomic mass is 9.85. The Morgan fingerprint density at radius 2 is 1.33 bits per heavy atom. The zero-order chi connectivity index (χ0) is 37.1. The van der Waals surface area contributed by atoms with Crippen LogP contribution in [0.3, 0.4) is 0 Å². The molecule has 0 saturated carbocycles. The summed E-state index contributed by atoms with van der Waals surface area (Å²) in [7, 11) is 0. The van der Waals surface area contributed by atoms with Crippen LogP contribution >= 0.6 is 23.2 Å². The molecule has 1 fully saturated rings. The van der Waals surface area contributed by atoms with Gasteiger partial charge in [0.05, 0.1) is 68.4 Å². The van der Waals surface area contributed by atoms with Gasteiger partial charge in [-0.1, -0.05) is 89.9 Å². The van der Waals surface area contributed by atoms with Gasteiger partial charge in [0.2, 0.25) is 0 Å². The second-order valence-corrected chi connectivity index (χ2v) is 14.2. The van der Waals surface area contributed by atoms with E-state index in [1.807, 2.05) is 54.6 Å². The third-order valence-corrected chi connectivity index (χ3v) is 8.79. The summed E-state index contributed by atoms with van der Waals surface area (Å²) in [5, 5.41) is 1.33. The number of hydrogen-bond donors (Lipinski definition) is 0. The third-order valence-electron chi connectivity index (χ3n) is 8.21. The Morgan fingerprint density at radius 1 is 0.750 bits per heavy atom. The van der Waals surface area contributed by atoms with E-state index >= 15 is 0 Å². The van der Waals surface area contributed by atoms with Gasteiger partial charge in [-0.25, -0.2) is 13.6 Å². The molecule has 0 radical (unpaired) electrons. The summed E-state index contributed by atoms with van der Waals surface area (Å²) in [5.41, 5.74) is 1.65. The number of benzene rings is 4. The Morgan fingerprint density at radius 3 is 1.88 bits per heavy atom. The van der Waals surface area contributed by atoms with E-state index in [4.69, 9.17) is 51.7 Å². The molecule has 12 heteroatoms. The number of hydrogen-bond acceptors (Lipinski definition) is 8. The first-order valence-electron chi connectivity index (χ1n) is 17.1. The number of piperidine rings is 1. The van der Waals surface area contributed by atoms with Crippen LogP contribution in [0.25, 0.3) is 0 Å². The molecule has 1 heterocycles.